The number of ether oxygens (including phenoxy) is 6. The van der Waals surface area contributed by atoms with Gasteiger partial charge in [-0.25, -0.2) is 54.8 Å². The Morgan fingerprint density at radius 1 is 0.324 bits per heavy atom. The van der Waals surface area contributed by atoms with Crippen molar-refractivity contribution in [2.75, 3.05) is 0 Å². The van der Waals surface area contributed by atoms with E-state index in [9.17, 15) is 14.4 Å². The quantitative estimate of drug-likeness (QED) is 0.0502. The van der Waals surface area contributed by atoms with Gasteiger partial charge in [0.05, 0.1) is 46.9 Å². The Kier molecular flexibility index (Phi) is 35.7. The summed E-state index contributed by atoms with van der Waals surface area (Å²) >= 11 is 20.1. The van der Waals surface area contributed by atoms with E-state index in [2.05, 4.69) is 121 Å². The van der Waals surface area contributed by atoms with Gasteiger partial charge in [-0.3, -0.25) is 24.4 Å². The first-order chi connectivity index (χ1) is 48.6. The highest BCUT2D eigenvalue weighted by molar-refractivity contribution is 8.00. The summed E-state index contributed by atoms with van der Waals surface area (Å²) in [5, 5.41) is 2.63. The van der Waals surface area contributed by atoms with E-state index in [0.717, 1.165) is 27.9 Å². The number of carbonyl (C=O) groups is 3. The van der Waals surface area contributed by atoms with Gasteiger partial charge in [0.1, 0.15) is 54.5 Å². The highest BCUT2D eigenvalue weighted by Gasteiger charge is 2.21. The van der Waals surface area contributed by atoms with E-state index < -0.39 is 5.60 Å². The van der Waals surface area contributed by atoms with Crippen molar-refractivity contribution in [3.63, 3.8) is 0 Å². The Morgan fingerprint density at radius 3 is 1.29 bits per heavy atom. The fourth-order valence-electron chi connectivity index (χ4n) is 6.99. The van der Waals surface area contributed by atoms with E-state index in [1.807, 2.05) is 173 Å². The van der Waals surface area contributed by atoms with Gasteiger partial charge in [0.25, 0.3) is 0 Å². The molecular formula is C75H97Cl3N16O9S2. The monoisotopic (exact) mass is 1530 g/mol. The third kappa shape index (κ3) is 41.9. The van der Waals surface area contributed by atoms with Crippen LogP contribution in [0.15, 0.2) is 145 Å². The molecule has 0 spiro atoms. The van der Waals surface area contributed by atoms with Gasteiger partial charge in [-0.05, 0) is 167 Å². The number of hydrogen-bond donors (Lipinski definition) is 0. The van der Waals surface area contributed by atoms with Crippen LogP contribution in [0.25, 0.3) is 22.1 Å². The maximum Gasteiger partial charge on any atom is 0.318 e. The first-order valence-corrected chi connectivity index (χ1v) is 35.5. The number of nitrogens with zero attached hydrogens (tertiary/aromatic N) is 16. The molecule has 0 aliphatic rings. The molecule has 10 rings (SSSR count). The molecule has 0 aliphatic carbocycles. The average molecular weight is 1540 g/mol. The topological polar surface area (TPSA) is 313 Å². The van der Waals surface area contributed by atoms with Crippen LogP contribution in [0.4, 0.5) is 0 Å². The van der Waals surface area contributed by atoms with Gasteiger partial charge < -0.3 is 28.4 Å². The summed E-state index contributed by atoms with van der Waals surface area (Å²) in [6, 6.07) is 18.7. The molecule has 105 heavy (non-hydrogen) atoms. The summed E-state index contributed by atoms with van der Waals surface area (Å²) in [5.41, 5.74) is 2.23. The molecule has 8 aromatic heterocycles. The lowest BCUT2D eigenvalue weighted by Gasteiger charge is -2.21. The van der Waals surface area contributed by atoms with E-state index in [0.29, 0.717) is 62.8 Å². The van der Waals surface area contributed by atoms with E-state index in [4.69, 9.17) is 63.2 Å². The number of aldehydes is 3. The Balaban J connectivity index is 0.000000313. The summed E-state index contributed by atoms with van der Waals surface area (Å²) < 4.78 is 33.2. The number of halogens is 3. The predicted molar refractivity (Wildman–Crippen MR) is 416 cm³/mol. The number of rotatable bonds is 11. The molecule has 30 heteroatoms. The van der Waals surface area contributed by atoms with Gasteiger partial charge in [-0.2, -0.15) is 15.0 Å². The lowest BCUT2D eigenvalue weighted by molar-refractivity contribution is 0.106. The summed E-state index contributed by atoms with van der Waals surface area (Å²) in [6.07, 6.45) is 21.1. The summed E-state index contributed by atoms with van der Waals surface area (Å²) in [6.45, 7) is 47.5. The van der Waals surface area contributed by atoms with Gasteiger partial charge in [0.2, 0.25) is 34.7 Å². The minimum Gasteiger partial charge on any atom is -0.472 e. The van der Waals surface area contributed by atoms with Gasteiger partial charge in [-0.1, -0.05) is 113 Å². The van der Waals surface area contributed by atoms with E-state index in [1.54, 1.807) is 79.0 Å². The molecule has 0 unspecified atom stereocenters. The molecule has 564 valence electrons. The lowest BCUT2D eigenvalue weighted by Crippen LogP contribution is -2.24. The molecule has 0 amide bonds. The third-order valence-electron chi connectivity index (χ3n) is 10.3. The summed E-state index contributed by atoms with van der Waals surface area (Å²) in [7, 11) is 0. The van der Waals surface area contributed by atoms with Crippen molar-refractivity contribution in [1.82, 2.24) is 79.7 Å². The molecule has 0 bridgehead atoms. The SMILES string of the molecule is CC(C)(C)Oc1ccnc(Cl)n1.CC(C)(C)Oc1cnc2ccccc2n1.CC(C)(C)Oc1cncc(Cl)n1.CC(C)(C)Oc1nc2ccccc2nc1C=O.CC(C)(C)Oc1nccc(Cl)n1.CC(C)(C)Oc1nccnc1C=O.CC(C)(C)Sc1cnccn1.CC(C)(C)Sc1nccnc1C=O. The molecule has 2 aromatic carbocycles. The minimum atomic E-state index is -0.408. The van der Waals surface area contributed by atoms with Crippen LogP contribution < -0.4 is 28.4 Å². The molecule has 0 saturated heterocycles. The second-order valence-corrected chi connectivity index (χ2v) is 34.5. The molecular weight excluding hydrogens is 1440 g/mol. The van der Waals surface area contributed by atoms with Crippen LogP contribution in [-0.4, -0.2) is 142 Å². The van der Waals surface area contributed by atoms with Crippen LogP contribution in [0, 0.1) is 0 Å². The van der Waals surface area contributed by atoms with Crippen molar-refractivity contribution in [3.05, 3.63) is 168 Å². The molecule has 8 heterocycles. The zero-order valence-corrected chi connectivity index (χ0v) is 68.1. The smallest absolute Gasteiger partial charge is 0.318 e. The van der Waals surface area contributed by atoms with Gasteiger partial charge in [0, 0.05) is 65.1 Å². The minimum absolute atomic E-state index is 0.0494. The predicted octanol–water partition coefficient (Wildman–Crippen LogP) is 18.4. The van der Waals surface area contributed by atoms with Crippen molar-refractivity contribution in [1.29, 1.82) is 0 Å². The van der Waals surface area contributed by atoms with Gasteiger partial charge in [-0.15, -0.1) is 0 Å². The van der Waals surface area contributed by atoms with Crippen LogP contribution in [0.2, 0.25) is 15.6 Å². The van der Waals surface area contributed by atoms with Crippen molar-refractivity contribution in [2.45, 2.75) is 219 Å². The molecule has 10 aromatic rings. The molecule has 0 saturated carbocycles. The zero-order valence-electron chi connectivity index (χ0n) is 64.2. The average Bonchev–Trinajstić information content (AvgIpc) is 0.820. The fourth-order valence-corrected chi connectivity index (χ4v) is 9.15. The van der Waals surface area contributed by atoms with Crippen molar-refractivity contribution in [3.8, 4) is 35.4 Å². The van der Waals surface area contributed by atoms with Crippen molar-refractivity contribution < 1.29 is 42.8 Å². The number of carbonyl (C=O) groups excluding carboxylic acids is 3. The molecule has 0 N–H and O–H groups in total. The lowest BCUT2D eigenvalue weighted by atomic mass is 10.2. The summed E-state index contributed by atoms with van der Waals surface area (Å²) in [5.74, 6) is 2.09. The van der Waals surface area contributed by atoms with Crippen LogP contribution in [0.5, 0.6) is 35.4 Å². The van der Waals surface area contributed by atoms with Crippen LogP contribution in [0.3, 0.4) is 0 Å². The Labute approximate surface area is 640 Å². The third-order valence-corrected chi connectivity index (χ3v) is 13.0. The second-order valence-electron chi connectivity index (χ2n) is 29.7. The molecule has 0 aliphatic heterocycles. The largest absolute Gasteiger partial charge is 0.472 e. The Bertz CT molecular complexity index is 4090. The van der Waals surface area contributed by atoms with E-state index >= 15 is 0 Å². The fraction of sp³-hybridized carbons (Fsp3) is 0.427. The van der Waals surface area contributed by atoms with Gasteiger partial charge in [0.15, 0.2) is 35.4 Å². The van der Waals surface area contributed by atoms with E-state index in [1.165, 1.54) is 31.0 Å². The molecule has 0 atom stereocenters. The number of thioether (sulfide) groups is 2. The van der Waals surface area contributed by atoms with Crippen LogP contribution in [-0.2, 0) is 0 Å². The normalized spacial score (nSPS) is 11.4. The first kappa shape index (κ1) is 90.2. The molecule has 0 radical (unpaired) electrons. The van der Waals surface area contributed by atoms with Crippen LogP contribution in [0.1, 0.15) is 198 Å². The number of benzene rings is 2. The highest BCUT2D eigenvalue weighted by Crippen LogP contribution is 2.32. The molecule has 0 fully saturated rings. The van der Waals surface area contributed by atoms with Crippen LogP contribution >= 0.6 is 58.3 Å². The zero-order chi connectivity index (χ0) is 79.0. The first-order valence-electron chi connectivity index (χ1n) is 32.8. The highest BCUT2D eigenvalue weighted by atomic mass is 35.5. The maximum absolute atomic E-state index is 11.0. The maximum atomic E-state index is 11.0. The number of aromatic nitrogens is 16. The number of para-hydroxylation sites is 4. The standard InChI is InChI=1S/C13H14N2O2.C12H14N2O.C9H12N2O2.C9H12N2OS.3C8H11ClN2O.C8H12N2S/c1-13(2,3)17-12-11(8-16)14-9-6-4-5-7-10(9)15-12;1-12(2,3)15-11-8-13-9-6-4-5-7-10(9)14-11;2*1-9(2,3)13-8-7(6-12)10-4-5-11-8;1-8(2,3)12-7-5-10-4-6(9)11-7;1-8(2,3)12-6-4-5-10-7(9)11-6;1-8(2,3)12-7-10-5-4-6(9)11-7;1-8(2,3)11-7-6-9-4-5-10-7/h4-8H,1-3H3;4-8H,1-3H3;2*4-6H,1-3H3;3*4-5H,1-3H3;4-6H,1-3H3. The Morgan fingerprint density at radius 2 is 0.790 bits per heavy atom. The van der Waals surface area contributed by atoms with Gasteiger partial charge >= 0.3 is 6.01 Å². The molecule has 25 nitrogen and oxygen atoms in total. The Hall–Kier alpha value is -9.02. The number of hydrogen-bond acceptors (Lipinski definition) is 27. The van der Waals surface area contributed by atoms with Crippen molar-refractivity contribution in [2.24, 2.45) is 0 Å². The summed E-state index contributed by atoms with van der Waals surface area (Å²) in [4.78, 5) is 96.4. The van der Waals surface area contributed by atoms with Crippen molar-refractivity contribution >= 4 is 99.3 Å². The number of fused-ring (bicyclic) bond motifs is 2. The van der Waals surface area contributed by atoms with E-state index in [-0.39, 0.29) is 65.9 Å². The second kappa shape index (κ2) is 41.6.